The summed E-state index contributed by atoms with van der Waals surface area (Å²) in [5.74, 6) is 0. The van der Waals surface area contributed by atoms with Crippen LogP contribution >= 0.6 is 43.5 Å². The summed E-state index contributed by atoms with van der Waals surface area (Å²) in [6.07, 6.45) is 0. The van der Waals surface area contributed by atoms with Crippen LogP contribution in [0.15, 0.2) is 45.3 Å². The molecule has 4 heteroatoms. The molecule has 1 aromatic heterocycles. The summed E-state index contributed by atoms with van der Waals surface area (Å²) in [6, 6.07) is 11.9. The van der Waals surface area contributed by atoms with E-state index in [4.69, 9.17) is 11.6 Å². The van der Waals surface area contributed by atoms with Crippen LogP contribution in [0.4, 0.5) is 0 Å². The highest BCUT2D eigenvalue weighted by atomic mass is 79.9. The van der Waals surface area contributed by atoms with E-state index in [2.05, 4.69) is 36.8 Å². The Balaban J connectivity index is 2.52. The molecule has 3 aromatic rings. The maximum Gasteiger partial charge on any atom is 0.0735 e. The van der Waals surface area contributed by atoms with Crippen molar-refractivity contribution in [2.24, 2.45) is 0 Å². The number of rotatable bonds is 0. The Morgan fingerprint density at radius 3 is 1.76 bits per heavy atom. The number of fused-ring (bicyclic) bond motifs is 2. The zero-order valence-electron chi connectivity index (χ0n) is 8.55. The van der Waals surface area contributed by atoms with Gasteiger partial charge < -0.3 is 0 Å². The van der Waals surface area contributed by atoms with E-state index in [9.17, 15) is 0 Å². The van der Waals surface area contributed by atoms with Crippen molar-refractivity contribution in [2.45, 2.75) is 0 Å². The van der Waals surface area contributed by atoms with E-state index in [0.29, 0.717) is 0 Å². The van der Waals surface area contributed by atoms with Crippen LogP contribution in [0.3, 0.4) is 0 Å². The van der Waals surface area contributed by atoms with E-state index in [1.807, 2.05) is 36.4 Å². The second kappa shape index (κ2) is 4.23. The normalized spacial score (nSPS) is 11.2. The van der Waals surface area contributed by atoms with Crippen molar-refractivity contribution in [3.8, 4) is 0 Å². The Morgan fingerprint density at radius 2 is 1.29 bits per heavy atom. The molecule has 0 aliphatic rings. The molecule has 1 heterocycles. The predicted octanol–water partition coefficient (Wildman–Crippen LogP) is 5.57. The number of hydrogen-bond donors (Lipinski definition) is 0. The minimum Gasteiger partial charge on any atom is -0.248 e. The van der Waals surface area contributed by atoms with Crippen LogP contribution in [0.1, 0.15) is 0 Å². The van der Waals surface area contributed by atoms with Crippen LogP contribution in [0, 0.1) is 0 Å². The smallest absolute Gasteiger partial charge is 0.0735 e. The lowest BCUT2D eigenvalue weighted by Crippen LogP contribution is -1.85. The average Bonchev–Trinajstić information content (AvgIpc) is 2.28. The Bertz CT molecular complexity index is 680. The molecule has 84 valence electrons. The van der Waals surface area contributed by atoms with E-state index >= 15 is 0 Å². The van der Waals surface area contributed by atoms with Gasteiger partial charge >= 0.3 is 0 Å². The van der Waals surface area contributed by atoms with Gasteiger partial charge in [0.15, 0.2) is 0 Å². The van der Waals surface area contributed by atoms with Gasteiger partial charge in [-0.3, -0.25) is 0 Å². The Hall–Kier alpha value is -0.640. The third-order valence-corrected chi connectivity index (χ3v) is 4.03. The van der Waals surface area contributed by atoms with Crippen molar-refractivity contribution in [3.05, 3.63) is 50.4 Å². The van der Waals surface area contributed by atoms with Crippen molar-refractivity contribution in [1.82, 2.24) is 4.98 Å². The van der Waals surface area contributed by atoms with Crippen LogP contribution in [-0.4, -0.2) is 4.98 Å². The molecule has 0 atom stereocenters. The third kappa shape index (κ3) is 1.96. The first-order chi connectivity index (χ1) is 8.15. The predicted molar refractivity (Wildman–Crippen MR) is 79.7 cm³/mol. The highest BCUT2D eigenvalue weighted by Gasteiger charge is 2.07. The molecule has 0 amide bonds. The van der Waals surface area contributed by atoms with E-state index < -0.39 is 0 Å². The third-order valence-electron chi connectivity index (χ3n) is 2.63. The number of benzene rings is 2. The summed E-state index contributed by atoms with van der Waals surface area (Å²) in [5.41, 5.74) is 1.80. The van der Waals surface area contributed by atoms with Crippen LogP contribution in [0.2, 0.25) is 5.02 Å². The molecule has 0 aliphatic carbocycles. The lowest BCUT2D eigenvalue weighted by atomic mass is 10.1. The van der Waals surface area contributed by atoms with Crippen molar-refractivity contribution < 1.29 is 0 Å². The van der Waals surface area contributed by atoms with Crippen molar-refractivity contribution in [2.75, 3.05) is 0 Å². The first-order valence-corrected chi connectivity index (χ1v) is 6.95. The fourth-order valence-electron chi connectivity index (χ4n) is 1.84. The van der Waals surface area contributed by atoms with Crippen molar-refractivity contribution in [1.29, 1.82) is 0 Å². The molecular formula is C13H6Br2ClN. The molecule has 0 unspecified atom stereocenters. The summed E-state index contributed by atoms with van der Waals surface area (Å²) in [5, 5.41) is 2.71. The van der Waals surface area contributed by atoms with Gasteiger partial charge in [-0.1, -0.05) is 55.6 Å². The van der Waals surface area contributed by atoms with E-state index in [1.165, 1.54) is 0 Å². The molecule has 0 aliphatic heterocycles. The Morgan fingerprint density at radius 1 is 0.824 bits per heavy atom. The van der Waals surface area contributed by atoms with Crippen LogP contribution in [0.5, 0.6) is 0 Å². The summed E-state index contributed by atoms with van der Waals surface area (Å²) >= 11 is 13.3. The van der Waals surface area contributed by atoms with Gasteiger partial charge in [-0.2, -0.15) is 0 Å². The quantitative estimate of drug-likeness (QED) is 0.471. The van der Waals surface area contributed by atoms with Crippen molar-refractivity contribution in [3.63, 3.8) is 0 Å². The zero-order valence-corrected chi connectivity index (χ0v) is 12.5. The van der Waals surface area contributed by atoms with Gasteiger partial charge in [-0.25, -0.2) is 4.98 Å². The largest absolute Gasteiger partial charge is 0.248 e. The molecule has 0 radical (unpaired) electrons. The van der Waals surface area contributed by atoms with Gasteiger partial charge in [0.05, 0.1) is 16.1 Å². The fourth-order valence-corrected chi connectivity index (χ4v) is 2.86. The SMILES string of the molecule is Clc1c2ccc(Br)cc2nc2cc(Br)ccc12. The summed E-state index contributed by atoms with van der Waals surface area (Å²) in [6.45, 7) is 0. The van der Waals surface area contributed by atoms with Gasteiger partial charge in [-0.05, 0) is 24.3 Å². The van der Waals surface area contributed by atoms with E-state index in [0.717, 1.165) is 35.8 Å². The van der Waals surface area contributed by atoms with Crippen LogP contribution in [0.25, 0.3) is 21.8 Å². The number of pyridine rings is 1. The van der Waals surface area contributed by atoms with Gasteiger partial charge in [0, 0.05) is 19.7 Å². The molecule has 1 nitrogen and oxygen atoms in total. The van der Waals surface area contributed by atoms with Gasteiger partial charge in [0.2, 0.25) is 0 Å². The second-order valence-electron chi connectivity index (χ2n) is 3.75. The van der Waals surface area contributed by atoms with Crippen LogP contribution < -0.4 is 0 Å². The van der Waals surface area contributed by atoms with Gasteiger partial charge in [0.25, 0.3) is 0 Å². The number of nitrogens with zero attached hydrogens (tertiary/aromatic N) is 1. The molecule has 0 fully saturated rings. The minimum atomic E-state index is 0.755. The second-order valence-corrected chi connectivity index (χ2v) is 5.96. The van der Waals surface area contributed by atoms with Crippen molar-refractivity contribution >= 4 is 65.3 Å². The molecule has 0 saturated heterocycles. The standard InChI is InChI=1S/C13H6Br2ClN/c14-7-1-3-9-11(5-7)17-12-6-8(15)2-4-10(12)13(9)16/h1-6H. The molecule has 2 aromatic carbocycles. The molecule has 3 rings (SSSR count). The Kier molecular flexibility index (Phi) is 2.85. The zero-order chi connectivity index (χ0) is 12.0. The Labute approximate surface area is 120 Å². The van der Waals surface area contributed by atoms with Gasteiger partial charge in [-0.15, -0.1) is 0 Å². The molecule has 0 saturated carbocycles. The number of hydrogen-bond acceptors (Lipinski definition) is 1. The fraction of sp³-hybridized carbons (Fsp3) is 0. The van der Waals surface area contributed by atoms with E-state index in [-0.39, 0.29) is 0 Å². The highest BCUT2D eigenvalue weighted by Crippen LogP contribution is 2.32. The lowest BCUT2D eigenvalue weighted by molar-refractivity contribution is 1.48. The molecule has 0 bridgehead atoms. The number of halogens is 3. The summed E-state index contributed by atoms with van der Waals surface area (Å²) < 4.78 is 2.01. The van der Waals surface area contributed by atoms with E-state index in [1.54, 1.807) is 0 Å². The highest BCUT2D eigenvalue weighted by molar-refractivity contribution is 9.10. The monoisotopic (exact) mass is 369 g/mol. The first kappa shape index (κ1) is 11.5. The molecule has 17 heavy (non-hydrogen) atoms. The molecular weight excluding hydrogens is 365 g/mol. The average molecular weight is 371 g/mol. The van der Waals surface area contributed by atoms with Gasteiger partial charge in [0.1, 0.15) is 0 Å². The summed E-state index contributed by atoms with van der Waals surface area (Å²) in [4.78, 5) is 4.62. The molecule has 0 spiro atoms. The van der Waals surface area contributed by atoms with Crippen LogP contribution in [-0.2, 0) is 0 Å². The summed E-state index contributed by atoms with van der Waals surface area (Å²) in [7, 11) is 0. The number of aromatic nitrogens is 1. The lowest BCUT2D eigenvalue weighted by Gasteiger charge is -2.06. The minimum absolute atomic E-state index is 0.755. The first-order valence-electron chi connectivity index (χ1n) is 4.99. The maximum atomic E-state index is 6.41. The maximum absolute atomic E-state index is 6.41. The topological polar surface area (TPSA) is 12.9 Å². The molecule has 0 N–H and O–H groups in total.